The number of hydrogen-bond acceptors (Lipinski definition) is 16. The first kappa shape index (κ1) is 37.2. The summed E-state index contributed by atoms with van der Waals surface area (Å²) in [6, 6.07) is 7.73. The van der Waals surface area contributed by atoms with Gasteiger partial charge in [-0.05, 0) is 51.0 Å². The molecule has 0 aliphatic heterocycles. The number of carbonyl (C=O) groups excluding carboxylic acids is 3. The third-order valence-electron chi connectivity index (χ3n) is 6.46. The van der Waals surface area contributed by atoms with Crippen LogP contribution in [0.5, 0.6) is 5.88 Å². The van der Waals surface area contributed by atoms with Gasteiger partial charge < -0.3 is 14.2 Å². The van der Waals surface area contributed by atoms with Crippen molar-refractivity contribution in [2.75, 3.05) is 45.3 Å². The molecule has 48 heavy (non-hydrogen) atoms. The van der Waals surface area contributed by atoms with Crippen LogP contribution in [0, 0.1) is 0 Å². The van der Waals surface area contributed by atoms with Crippen LogP contribution in [0.4, 0.5) is 0 Å². The summed E-state index contributed by atoms with van der Waals surface area (Å²) in [4.78, 5) is 68.0. The van der Waals surface area contributed by atoms with Crippen LogP contribution in [0.3, 0.4) is 0 Å². The molecule has 0 saturated heterocycles. The smallest absolute Gasteiger partial charge is 0.345 e. The van der Waals surface area contributed by atoms with Gasteiger partial charge in [-0.15, -0.1) is 34.9 Å². The van der Waals surface area contributed by atoms with Crippen molar-refractivity contribution in [3.8, 4) is 5.88 Å². The monoisotopic (exact) mass is 745 g/mol. The molecule has 1 aromatic carbocycles. The van der Waals surface area contributed by atoms with Gasteiger partial charge in [-0.1, -0.05) is 35.7 Å². The number of thiazole rings is 1. The van der Waals surface area contributed by atoms with E-state index in [1.54, 1.807) is 26.4 Å². The van der Waals surface area contributed by atoms with Gasteiger partial charge in [-0.3, -0.25) is 14.0 Å². The molecule has 0 fully saturated rings. The van der Waals surface area contributed by atoms with Gasteiger partial charge in [-0.2, -0.15) is 4.98 Å². The Morgan fingerprint density at radius 1 is 0.896 bits per heavy atom. The second-order valence-electron chi connectivity index (χ2n) is 9.13. The molecule has 0 aliphatic carbocycles. The summed E-state index contributed by atoms with van der Waals surface area (Å²) in [5.41, 5.74) is 1.15. The highest BCUT2D eigenvalue weighted by atomic mass is 32.2. The quantitative estimate of drug-likeness (QED) is 0.0285. The zero-order valence-corrected chi connectivity index (χ0v) is 31.1. The zero-order valence-electron chi connectivity index (χ0n) is 27.0. The molecule has 0 amide bonds. The average Bonchev–Trinajstić information content (AvgIpc) is 3.49. The fourth-order valence-electron chi connectivity index (χ4n) is 4.42. The first-order valence-corrected chi connectivity index (χ1v) is 19.8. The maximum Gasteiger partial charge on any atom is 0.345 e. The number of pyridine rings is 1. The van der Waals surface area contributed by atoms with E-state index in [-0.39, 0.29) is 35.8 Å². The molecule has 252 valence electrons. The molecule has 0 spiro atoms. The van der Waals surface area contributed by atoms with E-state index >= 15 is 0 Å². The van der Waals surface area contributed by atoms with Gasteiger partial charge in [0.25, 0.3) is 0 Å². The molecular weight excluding hydrogens is 715 g/mol. The van der Waals surface area contributed by atoms with Crippen LogP contribution in [0.25, 0.3) is 26.1 Å². The van der Waals surface area contributed by atoms with Crippen LogP contribution in [-0.4, -0.2) is 87.4 Å². The second kappa shape index (κ2) is 17.1. The highest BCUT2D eigenvalue weighted by Gasteiger charge is 2.29. The first-order valence-electron chi connectivity index (χ1n) is 14.1. The molecule has 17 heteroatoms. The number of hydrogen-bond donors (Lipinski definition) is 0. The van der Waals surface area contributed by atoms with Crippen molar-refractivity contribution < 1.29 is 28.6 Å². The molecule has 0 aliphatic rings. The summed E-state index contributed by atoms with van der Waals surface area (Å²) in [6.45, 7) is 3.79. The van der Waals surface area contributed by atoms with Gasteiger partial charge in [0, 0.05) is 12.4 Å². The van der Waals surface area contributed by atoms with Crippen LogP contribution in [0.15, 0.2) is 61.6 Å². The Labute approximate surface area is 296 Å². The van der Waals surface area contributed by atoms with E-state index in [2.05, 4.69) is 19.9 Å². The zero-order chi connectivity index (χ0) is 35.0. The largest absolute Gasteiger partial charge is 0.480 e. The number of nitrogens with zero attached hydrogens (tertiary/aromatic N) is 5. The summed E-state index contributed by atoms with van der Waals surface area (Å²) in [5.74, 6) is -1.65. The van der Waals surface area contributed by atoms with Gasteiger partial charge in [-0.25, -0.2) is 24.5 Å². The van der Waals surface area contributed by atoms with E-state index in [4.69, 9.17) is 14.2 Å². The Morgan fingerprint density at radius 3 is 2.17 bits per heavy atom. The maximum atomic E-state index is 12.9. The summed E-state index contributed by atoms with van der Waals surface area (Å²) in [7, 11) is 1.42. The highest BCUT2D eigenvalue weighted by Crippen LogP contribution is 2.33. The average molecular weight is 746 g/mol. The van der Waals surface area contributed by atoms with Crippen molar-refractivity contribution in [2.24, 2.45) is 0 Å². The van der Waals surface area contributed by atoms with E-state index < -0.39 is 23.2 Å². The van der Waals surface area contributed by atoms with Crippen LogP contribution in [0.1, 0.15) is 34.6 Å². The lowest BCUT2D eigenvalue weighted by atomic mass is 10.1. The number of ketones is 1. The molecule has 0 atom stereocenters. The SMILES string of the molecule is CCOC(=O)C(C(=O)c1cnc(SC)nc1OC)=C(SC)SC.CCOC(=O)c1c(=O)c2cnc(SC)nc2n2c1sc1ccccc12. The summed E-state index contributed by atoms with van der Waals surface area (Å²) in [5, 5.41) is 1.36. The Balaban J connectivity index is 0.000000218. The van der Waals surface area contributed by atoms with E-state index in [1.165, 1.54) is 77.9 Å². The summed E-state index contributed by atoms with van der Waals surface area (Å²) < 4.78 is 18.7. The topological polar surface area (TPSA) is 152 Å². The van der Waals surface area contributed by atoms with Crippen molar-refractivity contribution in [3.05, 3.63) is 67.8 Å². The van der Waals surface area contributed by atoms with Crippen molar-refractivity contribution in [3.63, 3.8) is 0 Å². The number of methoxy groups -OCH3 is 1. The third kappa shape index (κ3) is 7.64. The number of fused-ring (bicyclic) bond motifs is 5. The summed E-state index contributed by atoms with van der Waals surface area (Å²) >= 11 is 6.73. The lowest BCUT2D eigenvalue weighted by Crippen LogP contribution is -2.20. The minimum Gasteiger partial charge on any atom is -0.480 e. The van der Waals surface area contributed by atoms with Crippen LogP contribution in [0.2, 0.25) is 0 Å². The van der Waals surface area contributed by atoms with E-state index in [9.17, 15) is 19.2 Å². The number of thioether (sulfide) groups is 4. The Bertz CT molecular complexity index is 2090. The fourth-order valence-corrected chi connectivity index (χ4v) is 7.68. The van der Waals surface area contributed by atoms with Crippen LogP contribution < -0.4 is 10.2 Å². The van der Waals surface area contributed by atoms with E-state index in [0.29, 0.717) is 30.4 Å². The maximum absolute atomic E-state index is 12.9. The number of aromatic nitrogens is 5. The van der Waals surface area contributed by atoms with Crippen LogP contribution in [-0.2, 0) is 14.3 Å². The van der Waals surface area contributed by atoms with Gasteiger partial charge in [0.15, 0.2) is 16.0 Å². The predicted molar refractivity (Wildman–Crippen MR) is 195 cm³/mol. The molecule has 0 radical (unpaired) electrons. The van der Waals surface area contributed by atoms with Crippen molar-refractivity contribution in [2.45, 2.75) is 24.2 Å². The Hall–Kier alpha value is -3.64. The number of rotatable bonds is 11. The second-order valence-corrected chi connectivity index (χ2v) is 13.6. The molecule has 12 nitrogen and oxygen atoms in total. The van der Waals surface area contributed by atoms with E-state index in [0.717, 1.165) is 10.2 Å². The van der Waals surface area contributed by atoms with Crippen LogP contribution >= 0.6 is 58.4 Å². The van der Waals surface area contributed by atoms with Crippen molar-refractivity contribution >= 4 is 102 Å². The number of para-hydroxylation sites is 1. The van der Waals surface area contributed by atoms with Crippen molar-refractivity contribution in [1.29, 1.82) is 0 Å². The number of carbonyl (C=O) groups is 3. The third-order valence-corrected chi connectivity index (χ3v) is 10.9. The fraction of sp³-hybridized carbons (Fsp3) is 0.290. The molecule has 4 aromatic heterocycles. The molecule has 5 aromatic rings. The van der Waals surface area contributed by atoms with Gasteiger partial charge >= 0.3 is 11.9 Å². The first-order chi connectivity index (χ1) is 23.2. The lowest BCUT2D eigenvalue weighted by Gasteiger charge is -2.12. The Kier molecular flexibility index (Phi) is 13.3. The molecule has 5 rings (SSSR count). The van der Waals surface area contributed by atoms with E-state index in [1.807, 2.05) is 41.2 Å². The number of benzene rings is 1. The minimum atomic E-state index is -0.660. The van der Waals surface area contributed by atoms with Gasteiger partial charge in [0.2, 0.25) is 17.1 Å². The van der Waals surface area contributed by atoms with Crippen molar-refractivity contribution in [1.82, 2.24) is 24.3 Å². The molecule has 4 heterocycles. The summed E-state index contributed by atoms with van der Waals surface area (Å²) in [6.07, 6.45) is 10.1. The highest BCUT2D eigenvalue weighted by molar-refractivity contribution is 8.21. The molecule has 0 saturated carbocycles. The molecular formula is C31H31N5O7S5. The Morgan fingerprint density at radius 2 is 1.54 bits per heavy atom. The molecule has 0 bridgehead atoms. The number of ether oxygens (including phenoxy) is 3. The predicted octanol–water partition coefficient (Wildman–Crippen LogP) is 6.25. The van der Waals surface area contributed by atoms with Gasteiger partial charge in [0.1, 0.15) is 21.5 Å². The molecule has 0 N–H and O–H groups in total. The lowest BCUT2D eigenvalue weighted by molar-refractivity contribution is -0.138. The number of Topliss-reactive ketones (excluding diaryl/α,β-unsaturated/α-hetero) is 1. The van der Waals surface area contributed by atoms with Gasteiger partial charge in [0.05, 0.1) is 40.2 Å². The normalized spacial score (nSPS) is 10.8. The minimum absolute atomic E-state index is 0.0225. The standard InChI is InChI=1S/C17H13N3O3S2.C14H18N2O4S3/c1-3-23-16(22)12-13(21)9-8-18-17(24-2)19-14(9)20-10-6-4-5-7-11(10)25-15(12)20;1-6-20-12(18)9(13(21-3)22-4)10(17)8-7-15-14(23-5)16-11(8)19-2/h4-8H,3H2,1-2H3;7H,6H2,1-5H3. The number of esters is 2. The molecule has 0 unspecified atom stereocenters.